The Balaban J connectivity index is 1.09. The van der Waals surface area contributed by atoms with E-state index < -0.39 is 11.8 Å². The van der Waals surface area contributed by atoms with Gasteiger partial charge in [0, 0.05) is 49.4 Å². The Hall–Kier alpha value is -4.14. The van der Waals surface area contributed by atoms with Crippen molar-refractivity contribution in [1.29, 1.82) is 0 Å². The van der Waals surface area contributed by atoms with Crippen LogP contribution in [-0.4, -0.2) is 54.7 Å². The van der Waals surface area contributed by atoms with Crippen LogP contribution in [0.25, 0.3) is 11.0 Å². The van der Waals surface area contributed by atoms with Crippen molar-refractivity contribution < 1.29 is 23.6 Å². The number of amides is 4. The number of para-hydroxylation sites is 1. The average Bonchev–Trinajstić information content (AvgIpc) is 3.54. The summed E-state index contributed by atoms with van der Waals surface area (Å²) in [6.45, 7) is 4.04. The molecule has 2 aromatic carbocycles. The molecule has 5 rings (SSSR count). The number of carbonyl (C=O) groups excluding carboxylic acids is 4. The number of carbonyl (C=O) groups is 4. The van der Waals surface area contributed by atoms with E-state index >= 15 is 0 Å². The normalized spacial score (nSPS) is 16.3. The summed E-state index contributed by atoms with van der Waals surface area (Å²) < 4.78 is 5.70. The van der Waals surface area contributed by atoms with Gasteiger partial charge in [0.2, 0.25) is 5.91 Å². The SMILES string of the molecule is Cc1ccc(NC(=O)C(=O)NCC2CCN(C(=O)c3cc4ccccc4o3)CC2)cc1N1CCCC1=O. The number of likely N-dealkylation sites (tertiary alicyclic amines) is 1. The molecule has 0 bridgehead atoms. The van der Waals surface area contributed by atoms with Crippen molar-refractivity contribution in [3.05, 3.63) is 59.9 Å². The van der Waals surface area contributed by atoms with E-state index in [1.54, 1.807) is 28.0 Å². The zero-order chi connectivity index (χ0) is 25.9. The number of hydrogen-bond acceptors (Lipinski definition) is 5. The van der Waals surface area contributed by atoms with Crippen molar-refractivity contribution in [3.8, 4) is 0 Å². The molecule has 9 nitrogen and oxygen atoms in total. The van der Waals surface area contributed by atoms with Crippen molar-refractivity contribution in [2.75, 3.05) is 36.4 Å². The summed E-state index contributed by atoms with van der Waals surface area (Å²) in [5, 5.41) is 6.25. The van der Waals surface area contributed by atoms with E-state index in [-0.39, 0.29) is 17.7 Å². The smallest absolute Gasteiger partial charge is 0.313 e. The Morgan fingerprint density at radius 2 is 1.78 bits per heavy atom. The molecule has 2 fully saturated rings. The van der Waals surface area contributed by atoms with E-state index in [2.05, 4.69) is 10.6 Å². The van der Waals surface area contributed by atoms with E-state index in [1.807, 2.05) is 37.3 Å². The van der Waals surface area contributed by atoms with Gasteiger partial charge in [0.1, 0.15) is 5.58 Å². The van der Waals surface area contributed by atoms with Crippen LogP contribution in [0.15, 0.2) is 52.9 Å². The quantitative estimate of drug-likeness (QED) is 0.519. The number of piperidine rings is 1. The molecule has 1 aromatic heterocycles. The van der Waals surface area contributed by atoms with Gasteiger partial charge < -0.3 is 24.9 Å². The number of benzene rings is 2. The molecule has 37 heavy (non-hydrogen) atoms. The van der Waals surface area contributed by atoms with Gasteiger partial charge in [-0.2, -0.15) is 0 Å². The predicted octanol–water partition coefficient (Wildman–Crippen LogP) is 3.48. The first-order valence-corrected chi connectivity index (χ1v) is 12.7. The molecule has 3 heterocycles. The highest BCUT2D eigenvalue weighted by molar-refractivity contribution is 6.39. The van der Waals surface area contributed by atoms with E-state index in [0.717, 1.165) is 35.9 Å². The predicted molar refractivity (Wildman–Crippen MR) is 139 cm³/mol. The van der Waals surface area contributed by atoms with Crippen LogP contribution < -0.4 is 15.5 Å². The number of aryl methyl sites for hydroxylation is 1. The Bertz CT molecular complexity index is 1320. The minimum Gasteiger partial charge on any atom is -0.451 e. The summed E-state index contributed by atoms with van der Waals surface area (Å²) in [5.74, 6) is -1.03. The molecule has 0 spiro atoms. The van der Waals surface area contributed by atoms with Crippen molar-refractivity contribution in [2.24, 2.45) is 5.92 Å². The molecule has 192 valence electrons. The fourth-order valence-corrected chi connectivity index (χ4v) is 4.97. The second-order valence-electron chi connectivity index (χ2n) is 9.70. The average molecular weight is 503 g/mol. The Kier molecular flexibility index (Phi) is 6.94. The van der Waals surface area contributed by atoms with Gasteiger partial charge in [-0.3, -0.25) is 19.2 Å². The second kappa shape index (κ2) is 10.5. The summed E-state index contributed by atoms with van der Waals surface area (Å²) in [4.78, 5) is 53.3. The maximum absolute atomic E-state index is 12.8. The van der Waals surface area contributed by atoms with Crippen LogP contribution in [0.3, 0.4) is 0 Å². The number of nitrogens with zero attached hydrogens (tertiary/aromatic N) is 2. The zero-order valence-corrected chi connectivity index (χ0v) is 20.8. The molecule has 2 aliphatic heterocycles. The molecule has 0 saturated carbocycles. The van der Waals surface area contributed by atoms with Crippen LogP contribution >= 0.6 is 0 Å². The standard InChI is InChI=1S/C28H30N4O5/c1-18-8-9-21(16-22(18)32-12-4-7-25(32)33)30-27(35)26(34)29-17-19-10-13-31(14-11-19)28(36)24-15-20-5-2-3-6-23(20)37-24/h2-3,5-6,8-9,15-16,19H,4,7,10-14,17H2,1H3,(H,29,34)(H,30,35). The fourth-order valence-electron chi connectivity index (χ4n) is 4.97. The van der Waals surface area contributed by atoms with Crippen molar-refractivity contribution in [1.82, 2.24) is 10.2 Å². The highest BCUT2D eigenvalue weighted by atomic mass is 16.3. The van der Waals surface area contributed by atoms with Crippen LogP contribution in [0.4, 0.5) is 11.4 Å². The minimum atomic E-state index is -0.750. The fraction of sp³-hybridized carbons (Fsp3) is 0.357. The number of furan rings is 1. The number of nitrogens with one attached hydrogen (secondary N) is 2. The van der Waals surface area contributed by atoms with Gasteiger partial charge in [0.25, 0.3) is 5.91 Å². The highest BCUT2D eigenvalue weighted by Gasteiger charge is 2.27. The van der Waals surface area contributed by atoms with Gasteiger partial charge >= 0.3 is 11.8 Å². The van der Waals surface area contributed by atoms with Gasteiger partial charge in [-0.25, -0.2) is 0 Å². The summed E-state index contributed by atoms with van der Waals surface area (Å²) >= 11 is 0. The third kappa shape index (κ3) is 5.35. The minimum absolute atomic E-state index is 0.0645. The molecule has 2 N–H and O–H groups in total. The van der Waals surface area contributed by atoms with Gasteiger partial charge in [-0.05, 0) is 61.9 Å². The van der Waals surface area contributed by atoms with Gasteiger partial charge in [-0.1, -0.05) is 24.3 Å². The zero-order valence-electron chi connectivity index (χ0n) is 20.8. The first-order chi connectivity index (χ1) is 17.9. The monoisotopic (exact) mass is 502 g/mol. The van der Waals surface area contributed by atoms with Crippen molar-refractivity contribution in [2.45, 2.75) is 32.6 Å². The summed E-state index contributed by atoms with van der Waals surface area (Å²) in [6.07, 6.45) is 2.77. The largest absolute Gasteiger partial charge is 0.451 e. The first-order valence-electron chi connectivity index (χ1n) is 12.7. The lowest BCUT2D eigenvalue weighted by molar-refractivity contribution is -0.136. The van der Waals surface area contributed by atoms with E-state index in [1.165, 1.54) is 0 Å². The number of rotatable bonds is 5. The Morgan fingerprint density at radius 3 is 2.51 bits per heavy atom. The summed E-state index contributed by atoms with van der Waals surface area (Å²) in [7, 11) is 0. The van der Waals surface area contributed by atoms with E-state index in [0.29, 0.717) is 49.6 Å². The molecule has 2 saturated heterocycles. The van der Waals surface area contributed by atoms with Crippen LogP contribution in [0.2, 0.25) is 0 Å². The third-order valence-electron chi connectivity index (χ3n) is 7.13. The van der Waals surface area contributed by atoms with Gasteiger partial charge in [0.15, 0.2) is 5.76 Å². The second-order valence-corrected chi connectivity index (χ2v) is 9.70. The Labute approximate surface area is 214 Å². The van der Waals surface area contributed by atoms with Crippen LogP contribution in [0, 0.1) is 12.8 Å². The maximum Gasteiger partial charge on any atom is 0.313 e. The van der Waals surface area contributed by atoms with Crippen molar-refractivity contribution >= 4 is 46.0 Å². The van der Waals surface area contributed by atoms with Crippen LogP contribution in [-0.2, 0) is 14.4 Å². The molecular weight excluding hydrogens is 472 g/mol. The first kappa shape index (κ1) is 24.5. The van der Waals surface area contributed by atoms with E-state index in [4.69, 9.17) is 4.42 Å². The lowest BCUT2D eigenvalue weighted by Crippen LogP contribution is -2.43. The van der Waals surface area contributed by atoms with Crippen LogP contribution in [0.5, 0.6) is 0 Å². The summed E-state index contributed by atoms with van der Waals surface area (Å²) in [6, 6.07) is 14.6. The number of anilines is 2. The molecule has 3 aromatic rings. The molecule has 0 atom stereocenters. The maximum atomic E-state index is 12.8. The highest BCUT2D eigenvalue weighted by Crippen LogP contribution is 2.28. The topological polar surface area (TPSA) is 112 Å². The molecule has 4 amide bonds. The summed E-state index contributed by atoms with van der Waals surface area (Å²) in [5.41, 5.74) is 2.85. The number of fused-ring (bicyclic) bond motifs is 1. The lowest BCUT2D eigenvalue weighted by Gasteiger charge is -2.31. The molecule has 9 heteroatoms. The molecule has 2 aliphatic rings. The van der Waals surface area contributed by atoms with Gasteiger partial charge in [0.05, 0.1) is 0 Å². The molecular formula is C28H30N4O5. The van der Waals surface area contributed by atoms with Crippen molar-refractivity contribution in [3.63, 3.8) is 0 Å². The third-order valence-corrected chi connectivity index (χ3v) is 7.13. The number of hydrogen-bond donors (Lipinski definition) is 2. The molecule has 0 aliphatic carbocycles. The van der Waals surface area contributed by atoms with E-state index in [9.17, 15) is 19.2 Å². The molecule has 0 radical (unpaired) electrons. The molecule has 0 unspecified atom stereocenters. The Morgan fingerprint density at radius 1 is 1.00 bits per heavy atom. The van der Waals surface area contributed by atoms with Crippen LogP contribution in [0.1, 0.15) is 41.8 Å². The lowest BCUT2D eigenvalue weighted by atomic mass is 9.96. The van der Waals surface area contributed by atoms with Gasteiger partial charge in [-0.15, -0.1) is 0 Å².